The van der Waals surface area contributed by atoms with Crippen molar-refractivity contribution >= 4 is 29.1 Å². The van der Waals surface area contributed by atoms with Crippen molar-refractivity contribution in [2.45, 2.75) is 38.3 Å². The van der Waals surface area contributed by atoms with Crippen molar-refractivity contribution in [3.63, 3.8) is 0 Å². The topological polar surface area (TPSA) is 121 Å². The molecule has 186 valence electrons. The number of ether oxygens (including phenoxy) is 3. The van der Waals surface area contributed by atoms with E-state index in [2.05, 4.69) is 25.0 Å². The van der Waals surface area contributed by atoms with Crippen molar-refractivity contribution in [3.05, 3.63) is 34.4 Å². The van der Waals surface area contributed by atoms with Gasteiger partial charge in [0.05, 0.1) is 19.4 Å². The number of amides is 1. The molecule has 2 aliphatic rings. The van der Waals surface area contributed by atoms with Crippen molar-refractivity contribution in [2.24, 2.45) is 16.6 Å². The highest BCUT2D eigenvalue weighted by molar-refractivity contribution is 7.10. The van der Waals surface area contributed by atoms with Crippen LogP contribution in [0.25, 0.3) is 0 Å². The number of amidine groups is 1. The first-order valence-corrected chi connectivity index (χ1v) is 10.3. The van der Waals surface area contributed by atoms with Crippen molar-refractivity contribution in [3.8, 4) is 5.75 Å². The summed E-state index contributed by atoms with van der Waals surface area (Å²) in [7, 11) is 0. The molecule has 0 bridgehead atoms. The van der Waals surface area contributed by atoms with Crippen LogP contribution in [-0.4, -0.2) is 54.0 Å². The zero-order valence-electron chi connectivity index (χ0n) is 16.5. The van der Waals surface area contributed by atoms with Crippen LogP contribution >= 0.6 is 11.3 Å². The Morgan fingerprint density at radius 2 is 2.12 bits per heavy atom. The van der Waals surface area contributed by atoms with Gasteiger partial charge in [-0.2, -0.15) is 22.0 Å². The molecule has 0 aliphatic carbocycles. The number of aromatic nitrogens is 2. The van der Waals surface area contributed by atoms with Gasteiger partial charge in [0.25, 0.3) is 11.9 Å². The maximum atomic E-state index is 13.2. The lowest BCUT2D eigenvalue weighted by Crippen LogP contribution is -2.54. The number of fused-ring (bicyclic) bond motifs is 1. The van der Waals surface area contributed by atoms with Gasteiger partial charge in [0, 0.05) is 11.3 Å². The molecule has 9 nitrogen and oxygen atoms in total. The molecule has 0 aromatic carbocycles. The lowest BCUT2D eigenvalue weighted by molar-refractivity contribution is -0.249. The number of pyridine rings is 1. The number of thiazole rings is 1. The van der Waals surface area contributed by atoms with Crippen LogP contribution in [-0.2, 0) is 15.0 Å². The van der Waals surface area contributed by atoms with Crippen LogP contribution in [0.15, 0.2) is 28.7 Å². The number of hydrogen-bond donors (Lipinski definition) is 2. The number of hydrogen-bond acceptors (Lipinski definition) is 9. The number of nitrogens with two attached hydrogens (primary N) is 1. The van der Waals surface area contributed by atoms with E-state index in [1.807, 2.05) is 0 Å². The summed E-state index contributed by atoms with van der Waals surface area (Å²) in [4.78, 5) is 24.7. The molecule has 1 saturated heterocycles. The number of anilines is 1. The number of carbonyl (C=O) groups is 1. The number of rotatable bonds is 5. The maximum Gasteiger partial charge on any atom is 0.414 e. The summed E-state index contributed by atoms with van der Waals surface area (Å²) in [5, 5.41) is 4.26. The van der Waals surface area contributed by atoms with E-state index in [-0.39, 0.29) is 37.3 Å². The highest BCUT2D eigenvalue weighted by Gasteiger charge is 2.56. The summed E-state index contributed by atoms with van der Waals surface area (Å²) in [5.74, 6) is -1.51. The molecule has 0 spiro atoms. The summed E-state index contributed by atoms with van der Waals surface area (Å²) >= 11 is 1.06. The molecule has 3 N–H and O–H groups in total. The third kappa shape index (κ3) is 5.19. The Morgan fingerprint density at radius 1 is 1.35 bits per heavy atom. The Morgan fingerprint density at radius 3 is 2.76 bits per heavy atom. The predicted molar refractivity (Wildman–Crippen MR) is 111 cm³/mol. The van der Waals surface area contributed by atoms with E-state index in [0.717, 1.165) is 23.6 Å². The highest BCUT2D eigenvalue weighted by atomic mass is 32.1. The van der Waals surface area contributed by atoms with Gasteiger partial charge in [0.1, 0.15) is 27.8 Å². The summed E-state index contributed by atoms with van der Waals surface area (Å²) < 4.78 is 78.3. The zero-order valence-corrected chi connectivity index (χ0v) is 17.3. The van der Waals surface area contributed by atoms with Gasteiger partial charge in [-0.25, -0.2) is 15.0 Å². The molecular formula is C19H20F5N5O4S. The first-order chi connectivity index (χ1) is 15.6. The van der Waals surface area contributed by atoms with Gasteiger partial charge >= 0.3 is 12.8 Å². The molecular weight excluding hydrogens is 489 g/mol. The van der Waals surface area contributed by atoms with Gasteiger partial charge in [-0.1, -0.05) is 7.43 Å². The third-order valence-electron chi connectivity index (χ3n) is 5.10. The average molecular weight is 509 g/mol. The predicted octanol–water partition coefficient (Wildman–Crippen LogP) is 3.54. The maximum absolute atomic E-state index is 13.2. The highest BCUT2D eigenvalue weighted by Crippen LogP contribution is 2.47. The SMILES string of the molecule is C.NC1=N[C@@]2(c3nc(NC(=O)c4ccc(OC(F)F)cn4)cs3)CO[C@@H](C(F)(F)F)C[C@H]2CO1. The number of halogens is 5. The minimum atomic E-state index is -4.54. The van der Waals surface area contributed by atoms with Crippen LogP contribution < -0.4 is 15.8 Å². The van der Waals surface area contributed by atoms with Gasteiger partial charge in [0.2, 0.25) is 0 Å². The molecule has 0 radical (unpaired) electrons. The fraction of sp³-hybridized carbons (Fsp3) is 0.474. The second kappa shape index (κ2) is 9.66. The lowest BCUT2D eigenvalue weighted by atomic mass is 9.79. The van der Waals surface area contributed by atoms with Gasteiger partial charge in [-0.15, -0.1) is 11.3 Å². The van der Waals surface area contributed by atoms with Gasteiger partial charge in [-0.05, 0) is 18.6 Å². The fourth-order valence-corrected chi connectivity index (χ4v) is 4.48. The minimum absolute atomic E-state index is 0. The van der Waals surface area contributed by atoms with Crippen LogP contribution in [0.1, 0.15) is 29.3 Å². The normalized spacial score (nSPS) is 24.4. The number of alkyl halides is 5. The smallest absolute Gasteiger partial charge is 0.414 e. The summed E-state index contributed by atoms with van der Waals surface area (Å²) in [6, 6.07) is 2.14. The van der Waals surface area contributed by atoms with Crippen LogP contribution in [0, 0.1) is 5.92 Å². The standard InChI is InChI=1S/C18H16F5N5O4S.CH4/c19-15(20)32-9-1-2-10(25-4-9)13(29)26-12-6-33-14(27-12)17-7-31-11(18(21,22)23)3-8(17)5-30-16(24)28-17;/h1-2,4,6,8,11,15H,3,5,7H2,(H2,24,28)(H,26,29);1H4/t8-,11+,17-;/m0./s1. The van der Waals surface area contributed by atoms with E-state index >= 15 is 0 Å². The molecule has 0 unspecified atom stereocenters. The minimum Gasteiger partial charge on any atom is -0.465 e. The van der Waals surface area contributed by atoms with Crippen molar-refractivity contribution in [1.29, 1.82) is 0 Å². The summed E-state index contributed by atoms with van der Waals surface area (Å²) in [5.41, 5.74) is 4.30. The molecule has 1 amide bonds. The van der Waals surface area contributed by atoms with Crippen molar-refractivity contribution < 1.29 is 41.0 Å². The average Bonchev–Trinajstić information content (AvgIpc) is 3.21. The Kier molecular flexibility index (Phi) is 7.26. The third-order valence-corrected chi connectivity index (χ3v) is 6.11. The van der Waals surface area contributed by atoms with Crippen LogP contribution in [0.2, 0.25) is 0 Å². The van der Waals surface area contributed by atoms with Gasteiger partial charge in [-0.3, -0.25) is 4.79 Å². The first kappa shape index (κ1) is 25.6. The van der Waals surface area contributed by atoms with E-state index in [9.17, 15) is 26.7 Å². The lowest BCUT2D eigenvalue weighted by Gasteiger charge is -2.44. The van der Waals surface area contributed by atoms with Crippen LogP contribution in [0.3, 0.4) is 0 Å². The molecule has 2 aromatic rings. The molecule has 2 aromatic heterocycles. The molecule has 4 rings (SSSR count). The summed E-state index contributed by atoms with van der Waals surface area (Å²) in [6.07, 6.45) is -5.92. The molecule has 15 heteroatoms. The zero-order chi connectivity index (χ0) is 23.8. The van der Waals surface area contributed by atoms with E-state index in [1.165, 1.54) is 11.4 Å². The van der Waals surface area contributed by atoms with E-state index < -0.39 is 49.3 Å². The molecule has 1 fully saturated rings. The number of aliphatic imine (C=N–C) groups is 1. The molecule has 3 atom stereocenters. The Balaban J connectivity index is 0.00000324. The van der Waals surface area contributed by atoms with Gasteiger partial charge in [0.15, 0.2) is 6.10 Å². The monoisotopic (exact) mass is 509 g/mol. The van der Waals surface area contributed by atoms with Crippen LogP contribution in [0.4, 0.5) is 27.8 Å². The Hall–Kier alpha value is -3.07. The van der Waals surface area contributed by atoms with Gasteiger partial charge < -0.3 is 25.3 Å². The number of nitrogens with zero attached hydrogens (tertiary/aromatic N) is 3. The number of carbonyl (C=O) groups excluding carboxylic acids is 1. The number of nitrogens with one attached hydrogen (secondary N) is 1. The molecule has 34 heavy (non-hydrogen) atoms. The molecule has 0 saturated carbocycles. The first-order valence-electron chi connectivity index (χ1n) is 9.41. The Bertz CT molecular complexity index is 1050. The molecule has 4 heterocycles. The van der Waals surface area contributed by atoms with E-state index in [4.69, 9.17) is 15.2 Å². The summed E-state index contributed by atoms with van der Waals surface area (Å²) in [6.45, 7) is -3.54. The van der Waals surface area contributed by atoms with Crippen molar-refractivity contribution in [1.82, 2.24) is 9.97 Å². The fourth-order valence-electron chi connectivity index (χ4n) is 3.52. The quantitative estimate of drug-likeness (QED) is 0.592. The van der Waals surface area contributed by atoms with Crippen molar-refractivity contribution in [2.75, 3.05) is 18.5 Å². The second-order valence-corrected chi connectivity index (χ2v) is 8.07. The second-order valence-electron chi connectivity index (χ2n) is 7.21. The largest absolute Gasteiger partial charge is 0.465 e. The van der Waals surface area contributed by atoms with Crippen LogP contribution in [0.5, 0.6) is 5.75 Å². The van der Waals surface area contributed by atoms with E-state index in [1.54, 1.807) is 0 Å². The molecule has 2 aliphatic heterocycles. The van der Waals surface area contributed by atoms with E-state index in [0.29, 0.717) is 5.01 Å². The Labute approximate surface area is 194 Å².